The van der Waals surface area contributed by atoms with Crippen LogP contribution in [0.25, 0.3) is 16.7 Å². The predicted octanol–water partition coefficient (Wildman–Crippen LogP) is 4.17. The molecule has 6 fully saturated rings. The normalized spacial score (nSPS) is 35.1. The first-order chi connectivity index (χ1) is 19.4. The standard InChI is InChI=1S/C31H23N5O3S/c1-16-2-8-20(9-3-16)40(37,38)35-11-10-21-28(35)33-13-18-14-34-29(36(18)21)31-25-22-26(31)24-27(31)23(25)30(22,24)15-39-19-6-4-17(12-32)5-7-19/h2-11,13-14,22-27H,15H2,1H3. The number of aromatic nitrogens is 4. The molecule has 0 atom stereocenters. The molecule has 3 heterocycles. The summed E-state index contributed by atoms with van der Waals surface area (Å²) in [5, 5.41) is 9.05. The van der Waals surface area contributed by atoms with E-state index in [1.807, 2.05) is 55.6 Å². The lowest BCUT2D eigenvalue weighted by Gasteiger charge is -3.10. The van der Waals surface area contributed by atoms with Gasteiger partial charge in [-0.3, -0.25) is 4.40 Å². The van der Waals surface area contributed by atoms with Crippen molar-refractivity contribution in [2.45, 2.75) is 17.2 Å². The van der Waals surface area contributed by atoms with Crippen molar-refractivity contribution in [3.05, 3.63) is 90.1 Å². The van der Waals surface area contributed by atoms with Crippen molar-refractivity contribution in [2.75, 3.05) is 6.61 Å². The molecule has 6 aliphatic carbocycles. The Morgan fingerprint density at radius 2 is 1.60 bits per heavy atom. The van der Waals surface area contributed by atoms with Crippen molar-refractivity contribution >= 4 is 26.7 Å². The van der Waals surface area contributed by atoms with Crippen LogP contribution in [0, 0.1) is 59.2 Å². The summed E-state index contributed by atoms with van der Waals surface area (Å²) in [5.74, 6) is 5.94. The van der Waals surface area contributed by atoms with Crippen molar-refractivity contribution in [1.82, 2.24) is 18.3 Å². The zero-order chi connectivity index (χ0) is 26.8. The maximum absolute atomic E-state index is 13.5. The number of aryl methyl sites for hydroxylation is 1. The fraction of sp³-hybridized carbons (Fsp3) is 0.323. The molecule has 40 heavy (non-hydrogen) atoms. The van der Waals surface area contributed by atoms with E-state index in [0.717, 1.165) is 34.8 Å². The molecule has 196 valence electrons. The highest BCUT2D eigenvalue weighted by Crippen LogP contribution is 3.09. The maximum Gasteiger partial charge on any atom is 0.269 e. The van der Waals surface area contributed by atoms with Crippen LogP contribution >= 0.6 is 0 Å². The number of rotatable bonds is 6. The lowest BCUT2D eigenvalue weighted by Crippen LogP contribution is -3.12. The van der Waals surface area contributed by atoms with Gasteiger partial charge in [0, 0.05) is 17.0 Å². The van der Waals surface area contributed by atoms with Crippen molar-refractivity contribution < 1.29 is 13.2 Å². The van der Waals surface area contributed by atoms with Gasteiger partial charge in [0.2, 0.25) is 0 Å². The van der Waals surface area contributed by atoms with Gasteiger partial charge in [-0.25, -0.2) is 22.4 Å². The quantitative estimate of drug-likeness (QED) is 0.317. The molecule has 0 bridgehead atoms. The van der Waals surface area contributed by atoms with Gasteiger partial charge in [-0.1, -0.05) is 17.7 Å². The molecular weight excluding hydrogens is 522 g/mol. The highest BCUT2D eigenvalue weighted by Gasteiger charge is 3.10. The second kappa shape index (κ2) is 6.42. The monoisotopic (exact) mass is 545 g/mol. The van der Waals surface area contributed by atoms with E-state index in [9.17, 15) is 8.42 Å². The van der Waals surface area contributed by atoms with Gasteiger partial charge >= 0.3 is 0 Å². The number of ether oxygens (including phenoxy) is 1. The van der Waals surface area contributed by atoms with Crippen LogP contribution in [0.3, 0.4) is 0 Å². The molecule has 0 spiro atoms. The summed E-state index contributed by atoms with van der Waals surface area (Å²) in [6.07, 6.45) is 5.25. The Morgan fingerprint density at radius 3 is 2.27 bits per heavy atom. The van der Waals surface area contributed by atoms with Gasteiger partial charge in [-0.05, 0) is 84.9 Å². The van der Waals surface area contributed by atoms with Crippen LogP contribution in [0.1, 0.15) is 17.0 Å². The Labute approximate surface area is 229 Å². The molecule has 9 heteroatoms. The highest BCUT2D eigenvalue weighted by molar-refractivity contribution is 7.90. The van der Waals surface area contributed by atoms with Crippen molar-refractivity contribution in [3.8, 4) is 11.8 Å². The first-order valence-electron chi connectivity index (χ1n) is 13.7. The minimum absolute atomic E-state index is 0.120. The van der Waals surface area contributed by atoms with E-state index in [2.05, 4.69) is 15.5 Å². The summed E-state index contributed by atoms with van der Waals surface area (Å²) in [7, 11) is -3.78. The van der Waals surface area contributed by atoms with E-state index in [1.54, 1.807) is 24.5 Å². The molecule has 3 aromatic heterocycles. The van der Waals surface area contributed by atoms with E-state index in [1.165, 1.54) is 3.97 Å². The first kappa shape index (κ1) is 21.6. The van der Waals surface area contributed by atoms with Crippen molar-refractivity contribution in [2.24, 2.45) is 40.9 Å². The Hall–Kier alpha value is -4.16. The smallest absolute Gasteiger partial charge is 0.269 e. The fourth-order valence-electron chi connectivity index (χ4n) is 10.2. The zero-order valence-corrected chi connectivity index (χ0v) is 22.3. The van der Waals surface area contributed by atoms with E-state index in [4.69, 9.17) is 15.0 Å². The SMILES string of the molecule is Cc1ccc(S(=O)(=O)n2ccc3c2ncc2cnc(C45C6C7C4C4C5C6C74COc4ccc(C#N)cc4)n23)cc1. The summed E-state index contributed by atoms with van der Waals surface area (Å²) in [6.45, 7) is 2.70. The molecule has 2 aromatic carbocycles. The fourth-order valence-corrected chi connectivity index (χ4v) is 11.5. The molecule has 8 nitrogen and oxygen atoms in total. The first-order valence-corrected chi connectivity index (χ1v) is 15.2. The Balaban J connectivity index is 0.988. The third-order valence-corrected chi connectivity index (χ3v) is 13.1. The second-order valence-corrected chi connectivity index (χ2v) is 14.2. The summed E-state index contributed by atoms with van der Waals surface area (Å²) >= 11 is 0. The van der Waals surface area contributed by atoms with Crippen LogP contribution in [0.2, 0.25) is 0 Å². The number of hydrogen-bond donors (Lipinski definition) is 0. The van der Waals surface area contributed by atoms with E-state index < -0.39 is 10.0 Å². The molecule has 0 unspecified atom stereocenters. The minimum atomic E-state index is -3.78. The molecule has 5 aromatic rings. The lowest BCUT2D eigenvalue weighted by atomic mass is 8.92. The Morgan fingerprint density at radius 1 is 0.925 bits per heavy atom. The molecule has 0 aliphatic heterocycles. The van der Waals surface area contributed by atoms with Gasteiger partial charge in [0.15, 0.2) is 5.65 Å². The van der Waals surface area contributed by atoms with Gasteiger partial charge in [-0.15, -0.1) is 0 Å². The highest BCUT2D eigenvalue weighted by atomic mass is 32.2. The summed E-state index contributed by atoms with van der Waals surface area (Å²) < 4.78 is 36.8. The van der Waals surface area contributed by atoms with Crippen LogP contribution in [0.15, 0.2) is 78.1 Å². The molecule has 6 saturated carbocycles. The number of nitriles is 1. The molecule has 11 rings (SSSR count). The molecule has 0 N–H and O–H groups in total. The number of imidazole rings is 1. The van der Waals surface area contributed by atoms with E-state index in [-0.39, 0.29) is 10.3 Å². The van der Waals surface area contributed by atoms with E-state index >= 15 is 0 Å². The molecule has 0 radical (unpaired) electrons. The van der Waals surface area contributed by atoms with Gasteiger partial charge in [0.1, 0.15) is 11.6 Å². The average molecular weight is 546 g/mol. The van der Waals surface area contributed by atoms with E-state index in [0.29, 0.717) is 52.1 Å². The third-order valence-electron chi connectivity index (χ3n) is 11.4. The summed E-state index contributed by atoms with van der Waals surface area (Å²) in [4.78, 5) is 9.79. The predicted molar refractivity (Wildman–Crippen MR) is 144 cm³/mol. The minimum Gasteiger partial charge on any atom is -0.493 e. The summed E-state index contributed by atoms with van der Waals surface area (Å²) in [5.41, 5.74) is 4.21. The van der Waals surface area contributed by atoms with Crippen molar-refractivity contribution in [1.29, 1.82) is 5.26 Å². The van der Waals surface area contributed by atoms with Crippen LogP contribution in [0.4, 0.5) is 0 Å². The van der Waals surface area contributed by atoms with Crippen LogP contribution in [0.5, 0.6) is 5.75 Å². The summed E-state index contributed by atoms with van der Waals surface area (Å²) in [6, 6.07) is 18.3. The van der Waals surface area contributed by atoms with Crippen LogP contribution in [-0.2, 0) is 15.4 Å². The van der Waals surface area contributed by atoms with Gasteiger partial charge < -0.3 is 4.74 Å². The number of nitrogens with zero attached hydrogens (tertiary/aromatic N) is 5. The molecule has 0 saturated heterocycles. The number of benzene rings is 2. The maximum atomic E-state index is 13.5. The van der Waals surface area contributed by atoms with Crippen molar-refractivity contribution in [3.63, 3.8) is 0 Å². The average Bonchev–Trinajstić information content (AvgIpc) is 3.61. The molecular formula is C31H23N5O3S. The topological polar surface area (TPSA) is 102 Å². The number of fused-ring (bicyclic) bond motifs is 3. The van der Waals surface area contributed by atoms with Crippen LogP contribution in [-0.4, -0.2) is 33.4 Å². The van der Waals surface area contributed by atoms with Gasteiger partial charge in [0.05, 0.1) is 46.6 Å². The number of hydrogen-bond acceptors (Lipinski definition) is 6. The zero-order valence-electron chi connectivity index (χ0n) is 21.5. The molecule has 6 aliphatic rings. The largest absolute Gasteiger partial charge is 0.493 e. The van der Waals surface area contributed by atoms with Gasteiger partial charge in [-0.2, -0.15) is 5.26 Å². The second-order valence-electron chi connectivity index (χ2n) is 12.4. The van der Waals surface area contributed by atoms with Gasteiger partial charge in [0.25, 0.3) is 10.0 Å². The van der Waals surface area contributed by atoms with Crippen LogP contribution < -0.4 is 4.74 Å². The third kappa shape index (κ3) is 1.95. The molecule has 0 amide bonds. The lowest BCUT2D eigenvalue weighted by molar-refractivity contribution is -0.631. The Bertz CT molecular complexity index is 2050. The Kier molecular flexibility index (Phi) is 3.47.